The second kappa shape index (κ2) is 8.81. The third-order valence-electron chi connectivity index (χ3n) is 4.03. The van der Waals surface area contributed by atoms with E-state index >= 15 is 0 Å². The second-order valence-electron chi connectivity index (χ2n) is 5.25. The first kappa shape index (κ1) is 13.8. The van der Waals surface area contributed by atoms with Gasteiger partial charge in [-0.25, -0.2) is 0 Å². The van der Waals surface area contributed by atoms with Gasteiger partial charge in [0.25, 0.3) is 0 Å². The van der Waals surface area contributed by atoms with E-state index in [0.29, 0.717) is 0 Å². The summed E-state index contributed by atoms with van der Waals surface area (Å²) in [7, 11) is 0. The molecule has 94 valence electrons. The molecule has 0 aromatic heterocycles. The molecule has 2 saturated carbocycles. The zero-order chi connectivity index (χ0) is 11.6. The van der Waals surface area contributed by atoms with Crippen molar-refractivity contribution in [2.24, 2.45) is 5.92 Å². The molecule has 0 heterocycles. The highest BCUT2D eigenvalue weighted by molar-refractivity contribution is 4.75. The fourth-order valence-corrected chi connectivity index (χ4v) is 3.03. The molecule has 0 aromatic rings. The Morgan fingerprint density at radius 2 is 1.25 bits per heavy atom. The largest absolute Gasteiger partial charge is 0.314 e. The van der Waals surface area contributed by atoms with Crippen LogP contribution in [-0.2, 0) is 0 Å². The maximum Gasteiger partial charge on any atom is 0.00671 e. The minimum absolute atomic E-state index is 0.866. The molecule has 1 heteroatoms. The first-order chi connectivity index (χ1) is 7.95. The summed E-state index contributed by atoms with van der Waals surface area (Å²) in [5.41, 5.74) is 0. The summed E-state index contributed by atoms with van der Waals surface area (Å²) >= 11 is 0. The third-order valence-corrected chi connectivity index (χ3v) is 4.03. The maximum absolute atomic E-state index is 3.79. The SMILES string of the molecule is C1CCC(CNC2CCCCC2)CC1.C=C. The van der Waals surface area contributed by atoms with Gasteiger partial charge in [0.2, 0.25) is 0 Å². The maximum atomic E-state index is 3.79. The van der Waals surface area contributed by atoms with Crippen molar-refractivity contribution in [3.63, 3.8) is 0 Å². The minimum atomic E-state index is 0.866. The number of hydrogen-bond donors (Lipinski definition) is 1. The van der Waals surface area contributed by atoms with E-state index in [1.807, 2.05) is 0 Å². The van der Waals surface area contributed by atoms with Crippen LogP contribution in [0.5, 0.6) is 0 Å². The first-order valence-electron chi connectivity index (χ1n) is 7.18. The van der Waals surface area contributed by atoms with E-state index in [0.717, 1.165) is 12.0 Å². The van der Waals surface area contributed by atoms with Crippen molar-refractivity contribution in [2.75, 3.05) is 6.54 Å². The fraction of sp³-hybridized carbons (Fsp3) is 0.867. The van der Waals surface area contributed by atoms with Crippen LogP contribution in [-0.4, -0.2) is 12.6 Å². The van der Waals surface area contributed by atoms with Gasteiger partial charge in [-0.2, -0.15) is 0 Å². The van der Waals surface area contributed by atoms with E-state index in [-0.39, 0.29) is 0 Å². The molecule has 2 rings (SSSR count). The molecular formula is C15H29N. The predicted octanol–water partition coefficient (Wildman–Crippen LogP) is 4.29. The lowest BCUT2D eigenvalue weighted by atomic mass is 9.88. The van der Waals surface area contributed by atoms with Gasteiger partial charge in [0.05, 0.1) is 0 Å². The fourth-order valence-electron chi connectivity index (χ4n) is 3.03. The molecule has 16 heavy (non-hydrogen) atoms. The average Bonchev–Trinajstić information content (AvgIpc) is 2.41. The average molecular weight is 223 g/mol. The Morgan fingerprint density at radius 3 is 1.81 bits per heavy atom. The quantitative estimate of drug-likeness (QED) is 0.704. The van der Waals surface area contributed by atoms with Crippen LogP contribution in [0.2, 0.25) is 0 Å². The highest BCUT2D eigenvalue weighted by atomic mass is 14.9. The summed E-state index contributed by atoms with van der Waals surface area (Å²) in [5, 5.41) is 3.79. The molecule has 0 bridgehead atoms. The monoisotopic (exact) mass is 223 g/mol. The lowest BCUT2D eigenvalue weighted by molar-refractivity contribution is 0.300. The van der Waals surface area contributed by atoms with Crippen LogP contribution in [0.3, 0.4) is 0 Å². The molecule has 2 fully saturated rings. The van der Waals surface area contributed by atoms with Crippen LogP contribution in [0.15, 0.2) is 13.2 Å². The Balaban J connectivity index is 0.000000606. The molecular weight excluding hydrogens is 194 g/mol. The molecule has 0 amide bonds. The Morgan fingerprint density at radius 1 is 0.750 bits per heavy atom. The molecule has 0 spiro atoms. The summed E-state index contributed by atoms with van der Waals surface area (Å²) in [6.45, 7) is 7.31. The van der Waals surface area contributed by atoms with Crippen LogP contribution >= 0.6 is 0 Å². The highest BCUT2D eigenvalue weighted by Crippen LogP contribution is 2.24. The lowest BCUT2D eigenvalue weighted by Crippen LogP contribution is -2.35. The van der Waals surface area contributed by atoms with Gasteiger partial charge in [-0.1, -0.05) is 38.5 Å². The summed E-state index contributed by atoms with van der Waals surface area (Å²) in [6.07, 6.45) is 14.7. The Kier molecular flexibility index (Phi) is 7.58. The molecule has 1 N–H and O–H groups in total. The molecule has 0 atom stereocenters. The summed E-state index contributed by atoms with van der Waals surface area (Å²) < 4.78 is 0. The van der Waals surface area contributed by atoms with Gasteiger partial charge in [-0.05, 0) is 38.1 Å². The van der Waals surface area contributed by atoms with Crippen LogP contribution in [0, 0.1) is 5.92 Å². The molecule has 0 radical (unpaired) electrons. The molecule has 0 aliphatic heterocycles. The molecule has 0 aromatic carbocycles. The van der Waals surface area contributed by atoms with Crippen molar-refractivity contribution in [2.45, 2.75) is 70.3 Å². The Bertz CT molecular complexity index is 137. The number of hydrogen-bond acceptors (Lipinski definition) is 1. The topological polar surface area (TPSA) is 12.0 Å². The number of rotatable bonds is 3. The van der Waals surface area contributed by atoms with Gasteiger partial charge in [-0.3, -0.25) is 0 Å². The van der Waals surface area contributed by atoms with Crippen molar-refractivity contribution >= 4 is 0 Å². The second-order valence-corrected chi connectivity index (χ2v) is 5.25. The number of nitrogens with one attached hydrogen (secondary N) is 1. The highest BCUT2D eigenvalue weighted by Gasteiger charge is 2.16. The standard InChI is InChI=1S/C13H25N.C2H4/c1-3-7-12(8-4-1)11-14-13-9-5-2-6-10-13;1-2/h12-14H,1-11H2;1-2H2. The smallest absolute Gasteiger partial charge is 0.00671 e. The van der Waals surface area contributed by atoms with Crippen molar-refractivity contribution < 1.29 is 0 Å². The molecule has 2 aliphatic rings. The molecule has 2 aliphatic carbocycles. The lowest BCUT2D eigenvalue weighted by Gasteiger charge is -2.27. The van der Waals surface area contributed by atoms with Crippen molar-refractivity contribution in [1.82, 2.24) is 5.32 Å². The predicted molar refractivity (Wildman–Crippen MR) is 72.7 cm³/mol. The van der Waals surface area contributed by atoms with Crippen molar-refractivity contribution in [1.29, 1.82) is 0 Å². The Hall–Kier alpha value is -0.300. The van der Waals surface area contributed by atoms with Crippen molar-refractivity contribution in [3.8, 4) is 0 Å². The summed E-state index contributed by atoms with van der Waals surface area (Å²) in [5.74, 6) is 1.01. The van der Waals surface area contributed by atoms with E-state index < -0.39 is 0 Å². The van der Waals surface area contributed by atoms with Crippen molar-refractivity contribution in [3.05, 3.63) is 13.2 Å². The zero-order valence-corrected chi connectivity index (χ0v) is 10.8. The Labute approximate surface area is 102 Å². The van der Waals surface area contributed by atoms with Crippen LogP contribution < -0.4 is 5.32 Å². The molecule has 0 unspecified atom stereocenters. The van der Waals surface area contributed by atoms with Crippen LogP contribution in [0.25, 0.3) is 0 Å². The van der Waals surface area contributed by atoms with Gasteiger partial charge in [-0.15, -0.1) is 13.2 Å². The summed E-state index contributed by atoms with van der Waals surface area (Å²) in [4.78, 5) is 0. The van der Waals surface area contributed by atoms with Gasteiger partial charge in [0.15, 0.2) is 0 Å². The van der Waals surface area contributed by atoms with E-state index in [1.165, 1.54) is 70.8 Å². The van der Waals surface area contributed by atoms with Gasteiger partial charge in [0, 0.05) is 6.04 Å². The zero-order valence-electron chi connectivity index (χ0n) is 10.8. The minimum Gasteiger partial charge on any atom is -0.314 e. The van der Waals surface area contributed by atoms with E-state index in [9.17, 15) is 0 Å². The van der Waals surface area contributed by atoms with E-state index in [4.69, 9.17) is 0 Å². The van der Waals surface area contributed by atoms with E-state index in [1.54, 1.807) is 0 Å². The first-order valence-corrected chi connectivity index (χ1v) is 7.18. The van der Waals surface area contributed by atoms with Crippen LogP contribution in [0.4, 0.5) is 0 Å². The third kappa shape index (κ3) is 5.16. The van der Waals surface area contributed by atoms with Crippen LogP contribution in [0.1, 0.15) is 64.2 Å². The molecule has 0 saturated heterocycles. The molecule has 1 nitrogen and oxygen atoms in total. The van der Waals surface area contributed by atoms with Gasteiger partial charge < -0.3 is 5.32 Å². The van der Waals surface area contributed by atoms with E-state index in [2.05, 4.69) is 18.5 Å². The summed E-state index contributed by atoms with van der Waals surface area (Å²) in [6, 6.07) is 0.866. The van der Waals surface area contributed by atoms with Gasteiger partial charge in [0.1, 0.15) is 0 Å². The normalized spacial score (nSPS) is 23.5. The van der Waals surface area contributed by atoms with Gasteiger partial charge >= 0.3 is 0 Å².